The van der Waals surface area contributed by atoms with Gasteiger partial charge in [0.05, 0.1) is 0 Å². The molecule has 158 valence electrons. The Kier molecular flexibility index (Phi) is 6.47. The lowest BCUT2D eigenvalue weighted by atomic mass is 9.84. The summed E-state index contributed by atoms with van der Waals surface area (Å²) in [5.74, 6) is 1.67. The Morgan fingerprint density at radius 2 is 1.59 bits per heavy atom. The van der Waals surface area contributed by atoms with Gasteiger partial charge in [-0.25, -0.2) is 4.98 Å². The first kappa shape index (κ1) is 21.6. The van der Waals surface area contributed by atoms with E-state index in [1.807, 2.05) is 31.3 Å². The van der Waals surface area contributed by atoms with Crippen molar-refractivity contribution >= 4 is 11.8 Å². The molecular formula is C24H37N5. The second-order valence-corrected chi connectivity index (χ2v) is 9.28. The van der Waals surface area contributed by atoms with Crippen LogP contribution in [0.4, 0.5) is 11.8 Å². The molecular weight excluding hydrogens is 358 g/mol. The highest BCUT2D eigenvalue weighted by Crippen LogP contribution is 2.30. The molecule has 0 spiro atoms. The Labute approximate surface area is 176 Å². The van der Waals surface area contributed by atoms with E-state index in [0.717, 1.165) is 24.6 Å². The Bertz CT molecular complexity index is 835. The highest BCUT2D eigenvalue weighted by molar-refractivity contribution is 5.42. The average molecular weight is 396 g/mol. The van der Waals surface area contributed by atoms with E-state index in [0.29, 0.717) is 12.1 Å². The number of anilines is 2. The second kappa shape index (κ2) is 8.70. The number of hydrogen-bond donors (Lipinski definition) is 2. The highest BCUT2D eigenvalue weighted by atomic mass is 15.2. The van der Waals surface area contributed by atoms with Gasteiger partial charge in [0.1, 0.15) is 5.82 Å². The molecule has 2 N–H and O–H groups in total. The van der Waals surface area contributed by atoms with Gasteiger partial charge in [-0.05, 0) is 88.6 Å². The van der Waals surface area contributed by atoms with Crippen LogP contribution in [0.2, 0.25) is 0 Å². The fraction of sp³-hybridized carbons (Fsp3) is 0.583. The molecule has 0 saturated heterocycles. The highest BCUT2D eigenvalue weighted by Gasteiger charge is 2.29. The van der Waals surface area contributed by atoms with Gasteiger partial charge in [0.15, 0.2) is 0 Å². The number of aryl methyl sites for hydroxylation is 1. The molecule has 1 aliphatic rings. The van der Waals surface area contributed by atoms with Crippen LogP contribution >= 0.6 is 0 Å². The predicted octanol–water partition coefficient (Wildman–Crippen LogP) is 4.72. The summed E-state index contributed by atoms with van der Waals surface area (Å²) in [4.78, 5) is 11.0. The molecule has 0 amide bonds. The summed E-state index contributed by atoms with van der Waals surface area (Å²) in [6.07, 6.45) is 6.42. The van der Waals surface area contributed by atoms with Crippen LogP contribution in [0.3, 0.4) is 0 Å². The standard InChI is InChI=1S/C24H37N5/c1-16-8-13-21(18(3)17(16)2)24(4,5)28-20-11-9-19(10-12-20)26-23-25-15-14-22(27-23)29(6)7/h8,13-15,19-20,28H,9-12H2,1-7H3,(H,25,26,27). The van der Waals surface area contributed by atoms with Crippen LogP contribution in [-0.4, -0.2) is 36.1 Å². The minimum Gasteiger partial charge on any atom is -0.363 e. The Balaban J connectivity index is 1.58. The maximum Gasteiger partial charge on any atom is 0.224 e. The molecule has 1 fully saturated rings. The molecule has 2 aromatic rings. The Morgan fingerprint density at radius 3 is 2.24 bits per heavy atom. The van der Waals surface area contributed by atoms with Gasteiger partial charge in [0.2, 0.25) is 5.95 Å². The van der Waals surface area contributed by atoms with Gasteiger partial charge in [-0.1, -0.05) is 12.1 Å². The summed E-state index contributed by atoms with van der Waals surface area (Å²) >= 11 is 0. The van der Waals surface area contributed by atoms with Crippen molar-refractivity contribution in [3.05, 3.63) is 46.6 Å². The topological polar surface area (TPSA) is 53.1 Å². The molecule has 0 bridgehead atoms. The smallest absolute Gasteiger partial charge is 0.224 e. The maximum absolute atomic E-state index is 4.60. The van der Waals surface area contributed by atoms with E-state index in [1.165, 1.54) is 35.1 Å². The van der Waals surface area contributed by atoms with Gasteiger partial charge in [-0.2, -0.15) is 4.98 Å². The number of aromatic nitrogens is 2. The summed E-state index contributed by atoms with van der Waals surface area (Å²) < 4.78 is 0. The quantitative estimate of drug-likeness (QED) is 0.741. The predicted molar refractivity (Wildman–Crippen MR) is 123 cm³/mol. The molecule has 0 atom stereocenters. The molecule has 0 radical (unpaired) electrons. The van der Waals surface area contributed by atoms with Crippen LogP contribution in [-0.2, 0) is 5.54 Å². The molecule has 1 aromatic heterocycles. The molecule has 0 aliphatic heterocycles. The third-order valence-electron chi connectivity index (χ3n) is 6.46. The van der Waals surface area contributed by atoms with Gasteiger partial charge in [-0.3, -0.25) is 0 Å². The van der Waals surface area contributed by atoms with Crippen LogP contribution in [0.1, 0.15) is 61.8 Å². The molecule has 5 heteroatoms. The minimum absolute atomic E-state index is 0.0311. The first-order valence-corrected chi connectivity index (χ1v) is 10.8. The summed E-state index contributed by atoms with van der Waals surface area (Å²) in [5.41, 5.74) is 5.57. The molecule has 1 heterocycles. The lowest BCUT2D eigenvalue weighted by Crippen LogP contribution is -2.47. The van der Waals surface area contributed by atoms with Gasteiger partial charge >= 0.3 is 0 Å². The summed E-state index contributed by atoms with van der Waals surface area (Å²) in [6.45, 7) is 11.3. The van der Waals surface area contributed by atoms with Crippen molar-refractivity contribution < 1.29 is 0 Å². The average Bonchev–Trinajstić information content (AvgIpc) is 2.67. The number of nitrogens with zero attached hydrogens (tertiary/aromatic N) is 3. The SMILES string of the molecule is Cc1ccc(C(C)(C)NC2CCC(Nc3nccc(N(C)C)n3)CC2)c(C)c1C. The van der Waals surface area contributed by atoms with E-state index in [2.05, 4.69) is 67.4 Å². The number of hydrogen-bond acceptors (Lipinski definition) is 5. The molecule has 0 unspecified atom stereocenters. The van der Waals surface area contributed by atoms with Crippen molar-refractivity contribution in [1.29, 1.82) is 0 Å². The number of benzene rings is 1. The second-order valence-electron chi connectivity index (χ2n) is 9.28. The summed E-state index contributed by atoms with van der Waals surface area (Å²) in [6, 6.07) is 7.47. The first-order valence-electron chi connectivity index (χ1n) is 10.8. The van der Waals surface area contributed by atoms with Crippen molar-refractivity contribution in [3.8, 4) is 0 Å². The van der Waals surface area contributed by atoms with E-state index in [-0.39, 0.29) is 5.54 Å². The maximum atomic E-state index is 4.60. The number of nitrogens with one attached hydrogen (secondary N) is 2. The van der Waals surface area contributed by atoms with Crippen LogP contribution < -0.4 is 15.5 Å². The minimum atomic E-state index is -0.0311. The van der Waals surface area contributed by atoms with Crippen LogP contribution in [0.25, 0.3) is 0 Å². The number of rotatable bonds is 6. The van der Waals surface area contributed by atoms with Gasteiger partial charge < -0.3 is 15.5 Å². The molecule has 1 aromatic carbocycles. The first-order chi connectivity index (χ1) is 13.7. The third kappa shape index (κ3) is 5.08. The molecule has 1 saturated carbocycles. The Hall–Kier alpha value is -2.14. The third-order valence-corrected chi connectivity index (χ3v) is 6.46. The summed E-state index contributed by atoms with van der Waals surface area (Å²) in [5, 5.41) is 7.48. The van der Waals surface area contributed by atoms with Crippen LogP contribution in [0.5, 0.6) is 0 Å². The van der Waals surface area contributed by atoms with Crippen LogP contribution in [0, 0.1) is 20.8 Å². The lowest BCUT2D eigenvalue weighted by Gasteiger charge is -2.37. The Morgan fingerprint density at radius 1 is 0.931 bits per heavy atom. The van der Waals surface area contributed by atoms with Crippen molar-refractivity contribution in [2.45, 2.75) is 77.9 Å². The fourth-order valence-corrected chi connectivity index (χ4v) is 4.45. The van der Waals surface area contributed by atoms with Crippen LogP contribution in [0.15, 0.2) is 24.4 Å². The van der Waals surface area contributed by atoms with E-state index in [9.17, 15) is 0 Å². The zero-order valence-electron chi connectivity index (χ0n) is 19.1. The van der Waals surface area contributed by atoms with Crippen molar-refractivity contribution in [3.63, 3.8) is 0 Å². The van der Waals surface area contributed by atoms with Gasteiger partial charge in [0.25, 0.3) is 0 Å². The molecule has 3 rings (SSSR count). The van der Waals surface area contributed by atoms with Gasteiger partial charge in [0, 0.05) is 37.9 Å². The van der Waals surface area contributed by atoms with Crippen molar-refractivity contribution in [2.24, 2.45) is 0 Å². The largest absolute Gasteiger partial charge is 0.363 e. The lowest BCUT2D eigenvalue weighted by molar-refractivity contribution is 0.273. The van der Waals surface area contributed by atoms with E-state index in [1.54, 1.807) is 0 Å². The molecule has 5 nitrogen and oxygen atoms in total. The summed E-state index contributed by atoms with van der Waals surface area (Å²) in [7, 11) is 4.00. The monoisotopic (exact) mass is 395 g/mol. The zero-order chi connectivity index (χ0) is 21.2. The normalized spacial score (nSPS) is 19.8. The van der Waals surface area contributed by atoms with Crippen molar-refractivity contribution in [2.75, 3.05) is 24.3 Å². The van der Waals surface area contributed by atoms with Gasteiger partial charge in [-0.15, -0.1) is 0 Å². The zero-order valence-corrected chi connectivity index (χ0v) is 19.1. The molecule has 1 aliphatic carbocycles. The van der Waals surface area contributed by atoms with E-state index >= 15 is 0 Å². The van der Waals surface area contributed by atoms with E-state index < -0.39 is 0 Å². The van der Waals surface area contributed by atoms with Crippen molar-refractivity contribution in [1.82, 2.24) is 15.3 Å². The van der Waals surface area contributed by atoms with E-state index in [4.69, 9.17) is 0 Å². The molecule has 29 heavy (non-hydrogen) atoms. The fourth-order valence-electron chi connectivity index (χ4n) is 4.45.